The Morgan fingerprint density at radius 3 is 2.81 bits per heavy atom. The zero-order valence-corrected chi connectivity index (χ0v) is 15.7. The fraction of sp³-hybridized carbons (Fsp3) is 0.286. The van der Waals surface area contributed by atoms with E-state index in [0.29, 0.717) is 17.8 Å². The highest BCUT2D eigenvalue weighted by Crippen LogP contribution is 2.35. The Bertz CT molecular complexity index is 956. The van der Waals surface area contributed by atoms with Crippen molar-refractivity contribution in [2.24, 2.45) is 0 Å². The van der Waals surface area contributed by atoms with E-state index in [4.69, 9.17) is 10.2 Å². The van der Waals surface area contributed by atoms with Crippen molar-refractivity contribution in [3.8, 4) is 6.07 Å². The highest BCUT2D eigenvalue weighted by molar-refractivity contribution is 7.18. The molecule has 27 heavy (non-hydrogen) atoms. The van der Waals surface area contributed by atoms with E-state index in [1.165, 1.54) is 4.70 Å². The van der Waals surface area contributed by atoms with Gasteiger partial charge in [0.2, 0.25) is 5.91 Å². The van der Waals surface area contributed by atoms with Gasteiger partial charge in [-0.15, -0.1) is 11.3 Å². The van der Waals surface area contributed by atoms with Gasteiger partial charge in [-0.1, -0.05) is 18.6 Å². The van der Waals surface area contributed by atoms with Gasteiger partial charge in [-0.05, 0) is 55.8 Å². The van der Waals surface area contributed by atoms with Crippen LogP contribution in [0.25, 0.3) is 10.2 Å². The third-order valence-electron chi connectivity index (χ3n) is 4.85. The van der Waals surface area contributed by atoms with Gasteiger partial charge < -0.3 is 5.32 Å². The van der Waals surface area contributed by atoms with Gasteiger partial charge in [-0.2, -0.15) is 5.26 Å². The van der Waals surface area contributed by atoms with Crippen LogP contribution in [0.4, 0.5) is 5.69 Å². The van der Waals surface area contributed by atoms with Crippen LogP contribution >= 0.6 is 11.3 Å². The summed E-state index contributed by atoms with van der Waals surface area (Å²) in [5, 5.41) is 12.9. The molecule has 1 saturated heterocycles. The molecule has 1 atom stereocenters. The summed E-state index contributed by atoms with van der Waals surface area (Å²) in [6.45, 7) is 1.25. The number of thiazole rings is 1. The lowest BCUT2D eigenvalue weighted by Crippen LogP contribution is -2.39. The topological polar surface area (TPSA) is 69.0 Å². The normalized spacial score (nSPS) is 17.5. The largest absolute Gasteiger partial charge is 0.325 e. The SMILES string of the molecule is N#Cc1ccc(NC(=O)CN2CCCC[C@@H]2c2nc3ccccc3s2)cc1. The predicted octanol–water partition coefficient (Wildman–Crippen LogP) is 4.33. The molecule has 2 heterocycles. The second-order valence-electron chi connectivity index (χ2n) is 6.74. The monoisotopic (exact) mass is 376 g/mol. The first-order chi connectivity index (χ1) is 13.2. The summed E-state index contributed by atoms with van der Waals surface area (Å²) in [7, 11) is 0. The van der Waals surface area contributed by atoms with Crippen LogP contribution in [0.5, 0.6) is 0 Å². The Labute approximate surface area is 162 Å². The maximum Gasteiger partial charge on any atom is 0.238 e. The zero-order chi connectivity index (χ0) is 18.6. The number of likely N-dealkylation sites (tertiary alicyclic amines) is 1. The third kappa shape index (κ3) is 4.00. The number of benzene rings is 2. The highest BCUT2D eigenvalue weighted by atomic mass is 32.1. The second kappa shape index (κ2) is 7.87. The molecule has 0 aliphatic carbocycles. The molecule has 0 bridgehead atoms. The Morgan fingerprint density at radius 1 is 1.22 bits per heavy atom. The number of anilines is 1. The van der Waals surface area contributed by atoms with Crippen LogP contribution in [0, 0.1) is 11.3 Å². The molecule has 0 unspecified atom stereocenters. The van der Waals surface area contributed by atoms with E-state index in [0.717, 1.165) is 36.3 Å². The van der Waals surface area contributed by atoms with Gasteiger partial charge in [0.25, 0.3) is 0 Å². The molecule has 1 aromatic heterocycles. The lowest BCUT2D eigenvalue weighted by atomic mass is 10.0. The lowest BCUT2D eigenvalue weighted by molar-refractivity contribution is -0.118. The first-order valence-electron chi connectivity index (χ1n) is 9.12. The maximum atomic E-state index is 12.5. The number of fused-ring (bicyclic) bond motifs is 1. The number of piperidine rings is 1. The van der Waals surface area contributed by atoms with Crippen molar-refractivity contribution < 1.29 is 4.79 Å². The van der Waals surface area contributed by atoms with Crippen molar-refractivity contribution in [3.63, 3.8) is 0 Å². The summed E-state index contributed by atoms with van der Waals surface area (Å²) in [5.41, 5.74) is 2.33. The summed E-state index contributed by atoms with van der Waals surface area (Å²) in [6, 6.07) is 17.4. The minimum Gasteiger partial charge on any atom is -0.325 e. The van der Waals surface area contributed by atoms with Gasteiger partial charge in [-0.3, -0.25) is 9.69 Å². The van der Waals surface area contributed by atoms with Crippen molar-refractivity contribution in [1.82, 2.24) is 9.88 Å². The number of hydrogen-bond donors (Lipinski definition) is 1. The second-order valence-corrected chi connectivity index (χ2v) is 7.80. The molecule has 0 radical (unpaired) electrons. The Hall–Kier alpha value is -2.75. The van der Waals surface area contributed by atoms with Crippen LogP contribution < -0.4 is 5.32 Å². The fourth-order valence-electron chi connectivity index (χ4n) is 3.51. The minimum atomic E-state index is -0.0345. The summed E-state index contributed by atoms with van der Waals surface area (Å²) in [6.07, 6.45) is 3.30. The van der Waals surface area contributed by atoms with E-state index in [-0.39, 0.29) is 11.9 Å². The van der Waals surface area contributed by atoms with Crippen LogP contribution in [0.15, 0.2) is 48.5 Å². The van der Waals surface area contributed by atoms with Gasteiger partial charge in [0.1, 0.15) is 5.01 Å². The van der Waals surface area contributed by atoms with Gasteiger partial charge in [-0.25, -0.2) is 4.98 Å². The van der Waals surface area contributed by atoms with Gasteiger partial charge >= 0.3 is 0 Å². The predicted molar refractivity (Wildman–Crippen MR) is 108 cm³/mol. The van der Waals surface area contributed by atoms with Crippen LogP contribution in [0.3, 0.4) is 0 Å². The molecule has 136 valence electrons. The first kappa shape index (κ1) is 17.7. The van der Waals surface area contributed by atoms with E-state index in [1.54, 1.807) is 35.6 Å². The Morgan fingerprint density at radius 2 is 2.04 bits per heavy atom. The molecule has 0 spiro atoms. The van der Waals surface area contributed by atoms with Crippen molar-refractivity contribution in [2.75, 3.05) is 18.4 Å². The van der Waals surface area contributed by atoms with Crippen LogP contribution in [0.2, 0.25) is 0 Å². The number of nitrogens with zero attached hydrogens (tertiary/aromatic N) is 3. The molecule has 1 amide bonds. The van der Waals surface area contributed by atoms with Crippen molar-refractivity contribution in [2.45, 2.75) is 25.3 Å². The molecule has 2 aromatic carbocycles. The lowest BCUT2D eigenvalue weighted by Gasteiger charge is -2.33. The third-order valence-corrected chi connectivity index (χ3v) is 5.99. The average molecular weight is 376 g/mol. The van der Waals surface area contributed by atoms with E-state index >= 15 is 0 Å². The minimum absolute atomic E-state index is 0.0345. The quantitative estimate of drug-likeness (QED) is 0.736. The molecule has 5 nitrogen and oxygen atoms in total. The molecule has 1 fully saturated rings. The van der Waals surface area contributed by atoms with Gasteiger partial charge in [0, 0.05) is 5.69 Å². The van der Waals surface area contributed by atoms with Crippen molar-refractivity contribution >= 4 is 33.1 Å². The highest BCUT2D eigenvalue weighted by Gasteiger charge is 2.28. The molecule has 1 aliphatic heterocycles. The number of aromatic nitrogens is 1. The number of amides is 1. The molecule has 1 N–H and O–H groups in total. The van der Waals surface area contributed by atoms with E-state index in [2.05, 4.69) is 22.4 Å². The van der Waals surface area contributed by atoms with Crippen LogP contribution in [-0.4, -0.2) is 28.9 Å². The number of rotatable bonds is 4. The first-order valence-corrected chi connectivity index (χ1v) is 9.94. The average Bonchev–Trinajstić information content (AvgIpc) is 3.13. The molecular weight excluding hydrogens is 356 g/mol. The molecule has 3 aromatic rings. The smallest absolute Gasteiger partial charge is 0.238 e. The van der Waals surface area contributed by atoms with E-state index < -0.39 is 0 Å². The fourth-order valence-corrected chi connectivity index (χ4v) is 4.64. The van der Waals surface area contributed by atoms with Crippen LogP contribution in [-0.2, 0) is 4.79 Å². The number of hydrogen-bond acceptors (Lipinski definition) is 5. The number of nitrogens with one attached hydrogen (secondary N) is 1. The molecule has 4 rings (SSSR count). The maximum absolute atomic E-state index is 12.5. The standard InChI is InChI=1S/C21H20N4OS/c22-13-15-8-10-16(11-9-15)23-20(26)14-25-12-4-3-6-18(25)21-24-17-5-1-2-7-19(17)27-21/h1-2,5,7-11,18H,3-4,6,12,14H2,(H,23,26)/t18-/m1/s1. The summed E-state index contributed by atoms with van der Waals surface area (Å²) in [4.78, 5) is 19.6. The Kier molecular flexibility index (Phi) is 5.14. The van der Waals surface area contributed by atoms with E-state index in [1.807, 2.05) is 18.2 Å². The summed E-state index contributed by atoms with van der Waals surface area (Å²) >= 11 is 1.73. The van der Waals surface area contributed by atoms with Gasteiger partial charge in [0.05, 0.1) is 34.4 Å². The number of carbonyl (C=O) groups excluding carboxylic acids is 1. The van der Waals surface area contributed by atoms with Crippen molar-refractivity contribution in [3.05, 3.63) is 59.1 Å². The molecule has 0 saturated carbocycles. The molecule has 6 heteroatoms. The number of nitriles is 1. The summed E-state index contributed by atoms with van der Waals surface area (Å²) in [5.74, 6) is -0.0345. The number of para-hydroxylation sites is 1. The summed E-state index contributed by atoms with van der Waals surface area (Å²) < 4.78 is 1.19. The number of carbonyl (C=O) groups is 1. The van der Waals surface area contributed by atoms with Gasteiger partial charge in [0.15, 0.2) is 0 Å². The van der Waals surface area contributed by atoms with Crippen LogP contribution in [0.1, 0.15) is 35.9 Å². The molecule has 1 aliphatic rings. The van der Waals surface area contributed by atoms with E-state index in [9.17, 15) is 4.79 Å². The Balaban J connectivity index is 1.47. The molecular formula is C21H20N4OS. The van der Waals surface area contributed by atoms with Crippen molar-refractivity contribution in [1.29, 1.82) is 5.26 Å². The zero-order valence-electron chi connectivity index (χ0n) is 14.9.